The van der Waals surface area contributed by atoms with Gasteiger partial charge in [-0.05, 0) is 13.0 Å². The van der Waals surface area contributed by atoms with Crippen LogP contribution in [0, 0.1) is 11.3 Å². The molecular formula is C8H7N3O2. The van der Waals surface area contributed by atoms with E-state index in [9.17, 15) is 4.79 Å². The first-order valence-corrected chi connectivity index (χ1v) is 3.68. The number of rotatable bonds is 2. The van der Waals surface area contributed by atoms with Gasteiger partial charge in [-0.25, -0.2) is 14.8 Å². The molecule has 1 aromatic rings. The monoisotopic (exact) mass is 177 g/mol. The Kier molecular flexibility index (Phi) is 2.92. The summed E-state index contributed by atoms with van der Waals surface area (Å²) >= 11 is 0. The zero-order valence-electron chi connectivity index (χ0n) is 7.02. The van der Waals surface area contributed by atoms with Gasteiger partial charge in [-0.1, -0.05) is 0 Å². The van der Waals surface area contributed by atoms with E-state index in [-0.39, 0.29) is 18.1 Å². The van der Waals surface area contributed by atoms with Crippen molar-refractivity contribution >= 4 is 5.97 Å². The molecule has 1 aromatic heterocycles. The molecule has 0 saturated heterocycles. The summed E-state index contributed by atoms with van der Waals surface area (Å²) in [5.41, 5.74) is 0.105. The average molecular weight is 177 g/mol. The largest absolute Gasteiger partial charge is 0.461 e. The first kappa shape index (κ1) is 9.13. The van der Waals surface area contributed by atoms with E-state index in [1.807, 2.05) is 0 Å². The highest BCUT2D eigenvalue weighted by Crippen LogP contribution is 1.97. The molecule has 0 bridgehead atoms. The van der Waals surface area contributed by atoms with Crippen LogP contribution in [0.2, 0.25) is 0 Å². The standard InChI is InChI=1S/C8H7N3O2/c1-2-13-8(12)6-3-4-10-7(5-9)11-6/h3-4H,2H2,1H3. The molecule has 66 valence electrons. The first-order valence-electron chi connectivity index (χ1n) is 3.68. The highest BCUT2D eigenvalue weighted by Gasteiger charge is 2.08. The lowest BCUT2D eigenvalue weighted by Gasteiger charge is -1.99. The van der Waals surface area contributed by atoms with Crippen LogP contribution in [0.1, 0.15) is 23.2 Å². The fourth-order valence-corrected chi connectivity index (χ4v) is 0.731. The number of nitriles is 1. The van der Waals surface area contributed by atoms with Crippen LogP contribution in [0.15, 0.2) is 12.3 Å². The molecule has 0 aliphatic rings. The predicted octanol–water partition coefficient (Wildman–Crippen LogP) is 0.525. The highest BCUT2D eigenvalue weighted by atomic mass is 16.5. The van der Waals surface area contributed by atoms with E-state index in [4.69, 9.17) is 5.26 Å². The maximum absolute atomic E-state index is 11.1. The van der Waals surface area contributed by atoms with Crippen molar-refractivity contribution in [3.8, 4) is 6.07 Å². The number of nitrogens with zero attached hydrogens (tertiary/aromatic N) is 3. The second-order valence-electron chi connectivity index (χ2n) is 2.10. The van der Waals surface area contributed by atoms with E-state index >= 15 is 0 Å². The van der Waals surface area contributed by atoms with Gasteiger partial charge >= 0.3 is 5.97 Å². The van der Waals surface area contributed by atoms with Gasteiger partial charge in [0.2, 0.25) is 5.82 Å². The molecule has 0 radical (unpaired) electrons. The smallest absolute Gasteiger partial charge is 0.357 e. The number of hydrogen-bond donors (Lipinski definition) is 0. The van der Waals surface area contributed by atoms with Crippen LogP contribution in [0.3, 0.4) is 0 Å². The van der Waals surface area contributed by atoms with E-state index in [2.05, 4.69) is 14.7 Å². The normalized spacial score (nSPS) is 8.92. The molecule has 0 aliphatic heterocycles. The molecule has 0 fully saturated rings. The van der Waals surface area contributed by atoms with Crippen LogP contribution in [0.4, 0.5) is 0 Å². The quantitative estimate of drug-likeness (QED) is 0.615. The molecule has 5 heteroatoms. The topological polar surface area (TPSA) is 75.9 Å². The molecule has 0 amide bonds. The van der Waals surface area contributed by atoms with Crippen molar-refractivity contribution < 1.29 is 9.53 Å². The molecule has 0 spiro atoms. The van der Waals surface area contributed by atoms with Crippen molar-refractivity contribution in [1.82, 2.24) is 9.97 Å². The minimum atomic E-state index is -0.540. The molecule has 0 saturated carbocycles. The lowest BCUT2D eigenvalue weighted by molar-refractivity contribution is 0.0519. The van der Waals surface area contributed by atoms with E-state index in [0.717, 1.165) is 0 Å². The molecule has 0 aliphatic carbocycles. The Balaban J connectivity index is 2.90. The van der Waals surface area contributed by atoms with Crippen LogP contribution in [0.25, 0.3) is 0 Å². The highest BCUT2D eigenvalue weighted by molar-refractivity contribution is 5.87. The van der Waals surface area contributed by atoms with Gasteiger partial charge in [-0.3, -0.25) is 0 Å². The Morgan fingerprint density at radius 2 is 2.54 bits per heavy atom. The second kappa shape index (κ2) is 4.16. The third kappa shape index (κ3) is 2.24. The van der Waals surface area contributed by atoms with E-state index in [1.54, 1.807) is 13.0 Å². The summed E-state index contributed by atoms with van der Waals surface area (Å²) in [5.74, 6) is -0.577. The van der Waals surface area contributed by atoms with Gasteiger partial charge in [-0.2, -0.15) is 5.26 Å². The van der Waals surface area contributed by atoms with Crippen LogP contribution in [-0.4, -0.2) is 22.5 Å². The SMILES string of the molecule is CCOC(=O)c1ccnc(C#N)n1. The Morgan fingerprint density at radius 3 is 3.15 bits per heavy atom. The zero-order chi connectivity index (χ0) is 9.68. The lowest BCUT2D eigenvalue weighted by atomic mass is 10.4. The summed E-state index contributed by atoms with van der Waals surface area (Å²) in [7, 11) is 0. The van der Waals surface area contributed by atoms with Crippen molar-refractivity contribution in [2.75, 3.05) is 6.61 Å². The van der Waals surface area contributed by atoms with Gasteiger partial charge in [0, 0.05) is 6.20 Å². The summed E-state index contributed by atoms with van der Waals surface area (Å²) in [6.07, 6.45) is 1.35. The van der Waals surface area contributed by atoms with Gasteiger partial charge in [-0.15, -0.1) is 0 Å². The van der Waals surface area contributed by atoms with Gasteiger partial charge in [0.1, 0.15) is 6.07 Å². The fraction of sp³-hybridized carbons (Fsp3) is 0.250. The zero-order valence-corrected chi connectivity index (χ0v) is 7.02. The summed E-state index contributed by atoms with van der Waals surface area (Å²) in [4.78, 5) is 18.4. The Bertz CT molecular complexity index is 357. The number of hydrogen-bond acceptors (Lipinski definition) is 5. The van der Waals surface area contributed by atoms with Gasteiger partial charge in [0.05, 0.1) is 6.61 Å². The van der Waals surface area contributed by atoms with Crippen molar-refractivity contribution in [2.24, 2.45) is 0 Å². The number of ether oxygens (including phenoxy) is 1. The van der Waals surface area contributed by atoms with Crippen LogP contribution in [0.5, 0.6) is 0 Å². The molecule has 5 nitrogen and oxygen atoms in total. The number of aromatic nitrogens is 2. The van der Waals surface area contributed by atoms with Crippen molar-refractivity contribution in [2.45, 2.75) is 6.92 Å². The van der Waals surface area contributed by atoms with E-state index < -0.39 is 5.97 Å². The minimum absolute atomic E-state index is 0.0365. The fourth-order valence-electron chi connectivity index (χ4n) is 0.731. The molecule has 1 heterocycles. The Labute approximate surface area is 75.0 Å². The minimum Gasteiger partial charge on any atom is -0.461 e. The lowest BCUT2D eigenvalue weighted by Crippen LogP contribution is -2.08. The summed E-state index contributed by atoms with van der Waals surface area (Å²) < 4.78 is 4.69. The first-order chi connectivity index (χ1) is 6.27. The number of esters is 1. The molecule has 1 rings (SSSR count). The van der Waals surface area contributed by atoms with Gasteiger partial charge in [0.25, 0.3) is 0 Å². The molecular weight excluding hydrogens is 170 g/mol. The van der Waals surface area contributed by atoms with Crippen molar-refractivity contribution in [3.63, 3.8) is 0 Å². The van der Waals surface area contributed by atoms with E-state index in [0.29, 0.717) is 0 Å². The van der Waals surface area contributed by atoms with Crippen molar-refractivity contribution in [1.29, 1.82) is 5.26 Å². The van der Waals surface area contributed by atoms with E-state index in [1.165, 1.54) is 12.3 Å². The average Bonchev–Trinajstić information content (AvgIpc) is 2.18. The maximum Gasteiger partial charge on any atom is 0.357 e. The molecule has 13 heavy (non-hydrogen) atoms. The van der Waals surface area contributed by atoms with Crippen LogP contribution >= 0.6 is 0 Å². The molecule has 0 unspecified atom stereocenters. The summed E-state index contributed by atoms with van der Waals surface area (Å²) in [5, 5.41) is 8.45. The Hall–Kier alpha value is -1.96. The number of carbonyl (C=O) groups excluding carboxylic acids is 1. The maximum atomic E-state index is 11.1. The third-order valence-electron chi connectivity index (χ3n) is 1.24. The molecule has 0 N–H and O–H groups in total. The van der Waals surface area contributed by atoms with Crippen LogP contribution < -0.4 is 0 Å². The number of carbonyl (C=O) groups is 1. The predicted molar refractivity (Wildman–Crippen MR) is 42.7 cm³/mol. The van der Waals surface area contributed by atoms with Gasteiger partial charge < -0.3 is 4.74 Å². The van der Waals surface area contributed by atoms with Crippen LogP contribution in [-0.2, 0) is 4.74 Å². The Morgan fingerprint density at radius 1 is 1.77 bits per heavy atom. The summed E-state index contributed by atoms with van der Waals surface area (Å²) in [6.45, 7) is 1.98. The molecule has 0 aromatic carbocycles. The third-order valence-corrected chi connectivity index (χ3v) is 1.24. The summed E-state index contributed by atoms with van der Waals surface area (Å²) in [6, 6.07) is 3.14. The van der Waals surface area contributed by atoms with Gasteiger partial charge in [0.15, 0.2) is 5.69 Å². The second-order valence-corrected chi connectivity index (χ2v) is 2.10. The molecule has 0 atom stereocenters. The van der Waals surface area contributed by atoms with Crippen molar-refractivity contribution in [3.05, 3.63) is 23.8 Å².